The maximum atomic E-state index is 5.55. The molecule has 1 aromatic carbocycles. The zero-order chi connectivity index (χ0) is 14.1. The monoisotopic (exact) mass is 391 g/mol. The van der Waals surface area contributed by atoms with Gasteiger partial charge in [0, 0.05) is 6.54 Å². The molecular weight excluding hydrogens is 374 g/mol. The fraction of sp³-hybridized carbons (Fsp3) is 0.429. The van der Waals surface area contributed by atoms with Crippen LogP contribution in [-0.4, -0.2) is 19.8 Å². The Bertz CT molecular complexity index is 387. The van der Waals surface area contributed by atoms with E-state index >= 15 is 0 Å². The van der Waals surface area contributed by atoms with Gasteiger partial charge in [0.2, 0.25) is 0 Å². The van der Waals surface area contributed by atoms with E-state index in [-0.39, 0.29) is 0 Å². The second-order valence-corrected chi connectivity index (χ2v) is 5.60. The molecule has 0 saturated heterocycles. The molecule has 0 aliphatic rings. The number of hydrogen-bond acceptors (Lipinski definition) is 3. The standard InChI is InChI=1S/C14H19Br2NO2/c1-3-18-7-5-6-17-10-11-8-12(15)14(19-4-2)13(16)9-11/h3,8-9,17H,1,4-7,10H2,2H3. The Labute approximate surface area is 131 Å². The summed E-state index contributed by atoms with van der Waals surface area (Å²) in [5, 5.41) is 3.37. The van der Waals surface area contributed by atoms with E-state index in [1.54, 1.807) is 0 Å². The lowest BCUT2D eigenvalue weighted by molar-refractivity contribution is 0.244. The van der Waals surface area contributed by atoms with E-state index in [4.69, 9.17) is 9.47 Å². The second kappa shape index (κ2) is 9.39. The molecule has 0 radical (unpaired) electrons. The summed E-state index contributed by atoms with van der Waals surface area (Å²) < 4.78 is 12.5. The van der Waals surface area contributed by atoms with Gasteiger partial charge in [-0.25, -0.2) is 0 Å². The van der Waals surface area contributed by atoms with Gasteiger partial charge in [-0.05, 0) is 69.4 Å². The summed E-state index contributed by atoms with van der Waals surface area (Å²) in [4.78, 5) is 0. The highest BCUT2D eigenvalue weighted by Gasteiger charge is 2.08. The molecular formula is C14H19Br2NO2. The lowest BCUT2D eigenvalue weighted by Gasteiger charge is -2.11. The summed E-state index contributed by atoms with van der Waals surface area (Å²) in [7, 11) is 0. The van der Waals surface area contributed by atoms with Crippen molar-refractivity contribution < 1.29 is 9.47 Å². The molecule has 0 fully saturated rings. The molecule has 5 heteroatoms. The van der Waals surface area contributed by atoms with E-state index in [0.29, 0.717) is 13.2 Å². The van der Waals surface area contributed by atoms with E-state index in [0.717, 1.165) is 34.2 Å². The molecule has 19 heavy (non-hydrogen) atoms. The highest BCUT2D eigenvalue weighted by molar-refractivity contribution is 9.11. The van der Waals surface area contributed by atoms with Crippen LogP contribution >= 0.6 is 31.9 Å². The number of nitrogens with one attached hydrogen (secondary N) is 1. The van der Waals surface area contributed by atoms with Gasteiger partial charge in [0.25, 0.3) is 0 Å². The minimum absolute atomic E-state index is 0.651. The van der Waals surface area contributed by atoms with Crippen molar-refractivity contribution in [2.75, 3.05) is 19.8 Å². The lowest BCUT2D eigenvalue weighted by Crippen LogP contribution is -2.16. The van der Waals surface area contributed by atoms with Gasteiger partial charge in [0.1, 0.15) is 5.75 Å². The fourth-order valence-corrected chi connectivity index (χ4v) is 3.10. The molecule has 0 aromatic heterocycles. The van der Waals surface area contributed by atoms with E-state index in [9.17, 15) is 0 Å². The van der Waals surface area contributed by atoms with Crippen LogP contribution in [0.25, 0.3) is 0 Å². The van der Waals surface area contributed by atoms with E-state index in [1.165, 1.54) is 11.8 Å². The van der Waals surface area contributed by atoms with Gasteiger partial charge in [0.15, 0.2) is 0 Å². The lowest BCUT2D eigenvalue weighted by atomic mass is 10.2. The highest BCUT2D eigenvalue weighted by Crippen LogP contribution is 2.34. The van der Waals surface area contributed by atoms with Gasteiger partial charge >= 0.3 is 0 Å². The first kappa shape index (κ1) is 16.5. The van der Waals surface area contributed by atoms with Crippen molar-refractivity contribution in [1.82, 2.24) is 5.32 Å². The Kier molecular flexibility index (Phi) is 8.18. The average molecular weight is 393 g/mol. The van der Waals surface area contributed by atoms with Crippen molar-refractivity contribution in [3.8, 4) is 5.75 Å². The number of benzene rings is 1. The van der Waals surface area contributed by atoms with Crippen molar-refractivity contribution in [3.63, 3.8) is 0 Å². The maximum Gasteiger partial charge on any atom is 0.147 e. The topological polar surface area (TPSA) is 30.5 Å². The number of rotatable bonds is 9. The van der Waals surface area contributed by atoms with Gasteiger partial charge in [-0.1, -0.05) is 6.58 Å². The van der Waals surface area contributed by atoms with Crippen molar-refractivity contribution in [1.29, 1.82) is 0 Å². The molecule has 0 aliphatic carbocycles. The summed E-state index contributed by atoms with van der Waals surface area (Å²) in [5.74, 6) is 0.852. The van der Waals surface area contributed by atoms with E-state index in [2.05, 4.69) is 55.9 Å². The summed E-state index contributed by atoms with van der Waals surface area (Å²) in [6.07, 6.45) is 2.44. The van der Waals surface area contributed by atoms with Gasteiger partial charge in [0.05, 0.1) is 28.4 Å². The largest absolute Gasteiger partial charge is 0.502 e. The Morgan fingerprint density at radius 3 is 2.58 bits per heavy atom. The smallest absolute Gasteiger partial charge is 0.147 e. The molecule has 1 N–H and O–H groups in total. The van der Waals surface area contributed by atoms with Gasteiger partial charge in [-0.15, -0.1) is 0 Å². The average Bonchev–Trinajstić information content (AvgIpc) is 2.38. The minimum Gasteiger partial charge on any atom is -0.502 e. The Morgan fingerprint density at radius 2 is 2.00 bits per heavy atom. The highest BCUT2D eigenvalue weighted by atomic mass is 79.9. The van der Waals surface area contributed by atoms with Crippen molar-refractivity contribution in [3.05, 3.63) is 39.5 Å². The fourth-order valence-electron chi connectivity index (χ4n) is 1.59. The molecule has 0 saturated carbocycles. The van der Waals surface area contributed by atoms with Crippen LogP contribution in [-0.2, 0) is 11.3 Å². The zero-order valence-electron chi connectivity index (χ0n) is 11.0. The first-order chi connectivity index (χ1) is 9.19. The van der Waals surface area contributed by atoms with Crippen molar-refractivity contribution in [2.24, 2.45) is 0 Å². The van der Waals surface area contributed by atoms with Crippen LogP contribution in [0, 0.1) is 0 Å². The van der Waals surface area contributed by atoms with Crippen LogP contribution in [0.1, 0.15) is 18.9 Å². The van der Waals surface area contributed by atoms with E-state index < -0.39 is 0 Å². The third kappa shape index (κ3) is 5.97. The SMILES string of the molecule is C=COCCCNCc1cc(Br)c(OCC)c(Br)c1. The predicted molar refractivity (Wildman–Crippen MR) is 85.5 cm³/mol. The normalized spacial score (nSPS) is 10.3. The Morgan fingerprint density at radius 1 is 1.32 bits per heavy atom. The zero-order valence-corrected chi connectivity index (χ0v) is 14.2. The molecule has 1 rings (SSSR count). The molecule has 0 spiro atoms. The molecule has 0 atom stereocenters. The Balaban J connectivity index is 2.44. The molecule has 3 nitrogen and oxygen atoms in total. The predicted octanol–water partition coefficient (Wildman–Crippen LogP) is 4.25. The third-order valence-electron chi connectivity index (χ3n) is 2.41. The summed E-state index contributed by atoms with van der Waals surface area (Å²) in [5.41, 5.74) is 1.20. The number of ether oxygens (including phenoxy) is 2. The van der Waals surface area contributed by atoms with Gasteiger partial charge in [-0.3, -0.25) is 0 Å². The van der Waals surface area contributed by atoms with Crippen LogP contribution in [0.4, 0.5) is 0 Å². The number of hydrogen-bond donors (Lipinski definition) is 1. The van der Waals surface area contributed by atoms with Crippen molar-refractivity contribution >= 4 is 31.9 Å². The van der Waals surface area contributed by atoms with Gasteiger partial charge in [-0.2, -0.15) is 0 Å². The summed E-state index contributed by atoms with van der Waals surface area (Å²) in [6.45, 7) is 8.56. The molecule has 0 heterocycles. The minimum atomic E-state index is 0.651. The van der Waals surface area contributed by atoms with Crippen LogP contribution < -0.4 is 10.1 Å². The summed E-state index contributed by atoms with van der Waals surface area (Å²) in [6, 6.07) is 4.14. The maximum absolute atomic E-state index is 5.55. The Hall–Kier alpha value is -0.520. The molecule has 0 unspecified atom stereocenters. The third-order valence-corrected chi connectivity index (χ3v) is 3.59. The molecule has 0 aliphatic heterocycles. The van der Waals surface area contributed by atoms with Crippen LogP contribution in [0.15, 0.2) is 33.9 Å². The second-order valence-electron chi connectivity index (χ2n) is 3.89. The summed E-state index contributed by atoms with van der Waals surface area (Å²) >= 11 is 7.06. The van der Waals surface area contributed by atoms with Crippen LogP contribution in [0.5, 0.6) is 5.75 Å². The first-order valence-corrected chi connectivity index (χ1v) is 7.81. The quantitative estimate of drug-likeness (QED) is 0.503. The van der Waals surface area contributed by atoms with Crippen LogP contribution in [0.2, 0.25) is 0 Å². The van der Waals surface area contributed by atoms with Crippen molar-refractivity contribution in [2.45, 2.75) is 19.9 Å². The first-order valence-electron chi connectivity index (χ1n) is 6.23. The molecule has 1 aromatic rings. The molecule has 0 bridgehead atoms. The van der Waals surface area contributed by atoms with E-state index in [1.807, 2.05) is 6.92 Å². The van der Waals surface area contributed by atoms with Gasteiger partial charge < -0.3 is 14.8 Å². The molecule has 0 amide bonds. The van der Waals surface area contributed by atoms with Crippen LogP contribution in [0.3, 0.4) is 0 Å². The molecule has 106 valence electrons. The number of halogens is 2.